The predicted octanol–water partition coefficient (Wildman–Crippen LogP) is 3.83. The van der Waals surface area contributed by atoms with E-state index >= 15 is 0 Å². The number of nitrogens with one attached hydrogen (secondary N) is 1. The Morgan fingerprint density at radius 2 is 2.10 bits per heavy atom. The molecule has 4 aromatic heterocycles. The van der Waals surface area contributed by atoms with Gasteiger partial charge in [-0.1, -0.05) is 25.9 Å². The van der Waals surface area contributed by atoms with Gasteiger partial charge in [-0.25, -0.2) is 18.3 Å². The maximum atomic E-state index is 13.5. The van der Waals surface area contributed by atoms with Gasteiger partial charge in [-0.3, -0.25) is 0 Å². The molecule has 8 nitrogen and oxygen atoms in total. The number of alkyl halides is 2. The summed E-state index contributed by atoms with van der Waals surface area (Å²) in [5, 5.41) is 13.0. The van der Waals surface area contributed by atoms with Crippen molar-refractivity contribution in [2.45, 2.75) is 45.1 Å². The van der Waals surface area contributed by atoms with Gasteiger partial charge >= 0.3 is 6.01 Å². The van der Waals surface area contributed by atoms with E-state index in [1.165, 1.54) is 10.6 Å². The van der Waals surface area contributed by atoms with E-state index in [0.717, 1.165) is 11.4 Å². The van der Waals surface area contributed by atoms with Crippen LogP contribution < -0.4 is 4.90 Å². The van der Waals surface area contributed by atoms with E-state index in [2.05, 4.69) is 25.3 Å². The van der Waals surface area contributed by atoms with Gasteiger partial charge < -0.3 is 14.3 Å². The standard InChI is InChI=1S/C20H21F2N7O/c1-20(2,3)18-25-26-19(30-18)28-8-6-12-15(24-10-23-12)16(28)13-9-14-11(17(21)22)5-4-7-29(14)27-13/h4-5,7,9-10,16-17H,6,8H2,1-3H3,(H,23,24). The van der Waals surface area contributed by atoms with Gasteiger partial charge in [-0.15, -0.1) is 5.10 Å². The van der Waals surface area contributed by atoms with E-state index in [4.69, 9.17) is 4.42 Å². The molecule has 0 saturated carbocycles. The number of fused-ring (bicyclic) bond motifs is 2. The molecule has 0 bridgehead atoms. The lowest BCUT2D eigenvalue weighted by Gasteiger charge is -2.32. The van der Waals surface area contributed by atoms with Crippen LogP contribution in [0.4, 0.5) is 14.8 Å². The second-order valence-electron chi connectivity index (χ2n) is 8.42. The molecule has 0 saturated heterocycles. The normalized spacial score (nSPS) is 17.1. The van der Waals surface area contributed by atoms with Crippen molar-refractivity contribution in [1.29, 1.82) is 0 Å². The first-order valence-electron chi connectivity index (χ1n) is 9.72. The summed E-state index contributed by atoms with van der Waals surface area (Å²) in [6.45, 7) is 6.59. The first kappa shape index (κ1) is 18.7. The number of H-pyrrole nitrogens is 1. The molecular formula is C20H21F2N7O. The molecule has 0 aromatic carbocycles. The number of rotatable bonds is 3. The predicted molar refractivity (Wildman–Crippen MR) is 105 cm³/mol. The topological polar surface area (TPSA) is 88.1 Å². The Morgan fingerprint density at radius 3 is 2.83 bits per heavy atom. The van der Waals surface area contributed by atoms with Crippen molar-refractivity contribution in [3.8, 4) is 0 Å². The molecule has 1 N–H and O–H groups in total. The molecular weight excluding hydrogens is 392 g/mol. The zero-order chi connectivity index (χ0) is 21.0. The Labute approximate surface area is 170 Å². The molecule has 0 spiro atoms. The number of aromatic nitrogens is 6. The van der Waals surface area contributed by atoms with Crippen LogP contribution in [0.1, 0.15) is 61.8 Å². The Kier molecular flexibility index (Phi) is 4.12. The van der Waals surface area contributed by atoms with Crippen LogP contribution >= 0.6 is 0 Å². The summed E-state index contributed by atoms with van der Waals surface area (Å²) in [5.74, 6) is 0.527. The summed E-state index contributed by atoms with van der Waals surface area (Å²) in [6, 6.07) is 4.60. The summed E-state index contributed by atoms with van der Waals surface area (Å²) in [7, 11) is 0. The molecule has 10 heteroatoms. The maximum absolute atomic E-state index is 13.5. The SMILES string of the molecule is CC(C)(C)c1nnc(N2CCc3[nH]cnc3C2c2cc3c(C(F)F)cccn3n2)o1. The minimum absolute atomic E-state index is 0.0614. The molecule has 1 aliphatic rings. The molecule has 5 rings (SSSR count). The fourth-order valence-electron chi connectivity index (χ4n) is 3.79. The van der Waals surface area contributed by atoms with Crippen LogP contribution in [-0.4, -0.2) is 36.3 Å². The average molecular weight is 413 g/mol. The second kappa shape index (κ2) is 6.61. The van der Waals surface area contributed by atoms with Crippen LogP contribution in [0.25, 0.3) is 5.52 Å². The molecule has 1 aliphatic heterocycles. The van der Waals surface area contributed by atoms with Crippen LogP contribution in [-0.2, 0) is 11.8 Å². The van der Waals surface area contributed by atoms with Crippen molar-refractivity contribution in [2.75, 3.05) is 11.4 Å². The molecule has 5 heterocycles. The van der Waals surface area contributed by atoms with Gasteiger partial charge in [0.05, 0.1) is 23.2 Å². The first-order chi connectivity index (χ1) is 14.3. The smallest absolute Gasteiger partial charge is 0.319 e. The highest BCUT2D eigenvalue weighted by molar-refractivity contribution is 5.58. The van der Waals surface area contributed by atoms with E-state index in [0.29, 0.717) is 36.1 Å². The van der Waals surface area contributed by atoms with Gasteiger partial charge in [0.1, 0.15) is 6.04 Å². The number of anilines is 1. The number of nitrogens with zero attached hydrogens (tertiary/aromatic N) is 6. The molecule has 1 atom stereocenters. The maximum Gasteiger partial charge on any atom is 0.319 e. The fraction of sp³-hybridized carbons (Fsp3) is 0.400. The largest absolute Gasteiger partial charge is 0.407 e. The first-order valence-corrected chi connectivity index (χ1v) is 9.72. The molecule has 156 valence electrons. The second-order valence-corrected chi connectivity index (χ2v) is 8.42. The summed E-state index contributed by atoms with van der Waals surface area (Å²) >= 11 is 0. The highest BCUT2D eigenvalue weighted by Gasteiger charge is 2.37. The molecule has 0 radical (unpaired) electrons. The van der Waals surface area contributed by atoms with Gasteiger partial charge in [-0.05, 0) is 18.2 Å². The third-order valence-electron chi connectivity index (χ3n) is 5.30. The fourth-order valence-corrected chi connectivity index (χ4v) is 3.79. The van der Waals surface area contributed by atoms with Crippen molar-refractivity contribution in [2.24, 2.45) is 0 Å². The number of halogens is 2. The van der Waals surface area contributed by atoms with Gasteiger partial charge in [0.25, 0.3) is 6.43 Å². The van der Waals surface area contributed by atoms with E-state index < -0.39 is 12.5 Å². The summed E-state index contributed by atoms with van der Waals surface area (Å²) in [6.07, 6.45) is 1.42. The number of pyridine rings is 1. The lowest BCUT2D eigenvalue weighted by atomic mass is 9.97. The van der Waals surface area contributed by atoms with Crippen molar-refractivity contribution in [3.63, 3.8) is 0 Å². The summed E-state index contributed by atoms with van der Waals surface area (Å²) in [5.41, 5.74) is 2.37. The minimum Gasteiger partial charge on any atom is -0.407 e. The Bertz CT molecular complexity index is 1200. The van der Waals surface area contributed by atoms with Gasteiger partial charge in [-0.2, -0.15) is 5.10 Å². The highest BCUT2D eigenvalue weighted by atomic mass is 19.3. The van der Waals surface area contributed by atoms with Crippen molar-refractivity contribution >= 4 is 11.5 Å². The van der Waals surface area contributed by atoms with Crippen LogP contribution in [0.3, 0.4) is 0 Å². The number of aromatic amines is 1. The Morgan fingerprint density at radius 1 is 1.27 bits per heavy atom. The number of imidazole rings is 1. The van der Waals surface area contributed by atoms with Crippen molar-refractivity contribution in [3.05, 3.63) is 59.3 Å². The lowest BCUT2D eigenvalue weighted by molar-refractivity contribution is 0.152. The molecule has 0 aliphatic carbocycles. The molecule has 0 amide bonds. The van der Waals surface area contributed by atoms with Crippen LogP contribution in [0.15, 0.2) is 35.1 Å². The highest BCUT2D eigenvalue weighted by Crippen LogP contribution is 2.37. The van der Waals surface area contributed by atoms with Crippen molar-refractivity contribution in [1.82, 2.24) is 29.8 Å². The number of hydrogen-bond acceptors (Lipinski definition) is 6. The number of hydrogen-bond donors (Lipinski definition) is 1. The van der Waals surface area contributed by atoms with Crippen LogP contribution in [0.2, 0.25) is 0 Å². The third-order valence-corrected chi connectivity index (χ3v) is 5.30. The molecule has 0 fully saturated rings. The van der Waals surface area contributed by atoms with E-state index in [-0.39, 0.29) is 11.0 Å². The zero-order valence-electron chi connectivity index (χ0n) is 16.8. The Balaban J connectivity index is 1.64. The van der Waals surface area contributed by atoms with Crippen molar-refractivity contribution < 1.29 is 13.2 Å². The van der Waals surface area contributed by atoms with Gasteiger partial charge in [0.15, 0.2) is 0 Å². The average Bonchev–Trinajstić information content (AvgIpc) is 3.43. The van der Waals surface area contributed by atoms with Crippen LogP contribution in [0.5, 0.6) is 0 Å². The molecule has 1 unspecified atom stereocenters. The summed E-state index contributed by atoms with van der Waals surface area (Å²) in [4.78, 5) is 9.59. The van der Waals surface area contributed by atoms with E-state index in [1.54, 1.807) is 24.7 Å². The van der Waals surface area contributed by atoms with E-state index in [9.17, 15) is 8.78 Å². The van der Waals surface area contributed by atoms with E-state index in [1.807, 2.05) is 25.7 Å². The summed E-state index contributed by atoms with van der Waals surface area (Å²) < 4.78 is 34.4. The lowest BCUT2D eigenvalue weighted by Crippen LogP contribution is -2.37. The third kappa shape index (κ3) is 2.94. The Hall–Kier alpha value is -3.30. The van der Waals surface area contributed by atoms with Crippen LogP contribution in [0, 0.1) is 0 Å². The van der Waals surface area contributed by atoms with Gasteiger partial charge in [0, 0.05) is 35.8 Å². The monoisotopic (exact) mass is 413 g/mol. The molecule has 30 heavy (non-hydrogen) atoms. The quantitative estimate of drug-likeness (QED) is 0.549. The zero-order valence-corrected chi connectivity index (χ0v) is 16.8. The van der Waals surface area contributed by atoms with Gasteiger partial charge in [0.2, 0.25) is 5.89 Å². The molecule has 4 aromatic rings. The minimum atomic E-state index is -2.59.